The lowest BCUT2D eigenvalue weighted by atomic mass is 10.1. The fourth-order valence-electron chi connectivity index (χ4n) is 1.99. The van der Waals surface area contributed by atoms with E-state index in [0.717, 1.165) is 0 Å². The van der Waals surface area contributed by atoms with E-state index in [0.29, 0.717) is 30.2 Å². The molecule has 0 spiro atoms. The standard InChI is InChI=1S/C14H17F2N3O2/c1-9(17-8-7-13-18-10(2)21-19-13)11-5-3-4-6-12(11)20-14(15)16/h3-6,9,14,17H,7-8H2,1-2H3. The third-order valence-corrected chi connectivity index (χ3v) is 2.97. The van der Waals surface area contributed by atoms with E-state index in [1.54, 1.807) is 25.1 Å². The van der Waals surface area contributed by atoms with Gasteiger partial charge in [-0.3, -0.25) is 0 Å². The van der Waals surface area contributed by atoms with E-state index in [1.807, 2.05) is 6.92 Å². The minimum atomic E-state index is -2.83. The Bertz CT molecular complexity index is 575. The van der Waals surface area contributed by atoms with E-state index < -0.39 is 6.61 Å². The quantitative estimate of drug-likeness (QED) is 0.851. The molecule has 0 radical (unpaired) electrons. The van der Waals surface area contributed by atoms with Crippen LogP contribution in [-0.2, 0) is 6.42 Å². The fourth-order valence-corrected chi connectivity index (χ4v) is 1.99. The zero-order valence-corrected chi connectivity index (χ0v) is 11.8. The van der Waals surface area contributed by atoms with Crippen LogP contribution >= 0.6 is 0 Å². The van der Waals surface area contributed by atoms with Gasteiger partial charge in [0.1, 0.15) is 5.75 Å². The molecule has 0 aliphatic carbocycles. The van der Waals surface area contributed by atoms with Gasteiger partial charge in [-0.15, -0.1) is 0 Å². The molecule has 2 aromatic rings. The van der Waals surface area contributed by atoms with Gasteiger partial charge in [0.25, 0.3) is 0 Å². The Labute approximate surface area is 121 Å². The van der Waals surface area contributed by atoms with Gasteiger partial charge in [-0.2, -0.15) is 13.8 Å². The Kier molecular flexibility index (Phi) is 5.21. The number of benzene rings is 1. The summed E-state index contributed by atoms with van der Waals surface area (Å²) in [6.45, 7) is 1.38. The van der Waals surface area contributed by atoms with E-state index in [1.165, 1.54) is 6.07 Å². The van der Waals surface area contributed by atoms with E-state index in [-0.39, 0.29) is 11.8 Å². The lowest BCUT2D eigenvalue weighted by Gasteiger charge is -2.17. The number of alkyl halides is 2. The predicted molar refractivity (Wildman–Crippen MR) is 72.2 cm³/mol. The highest BCUT2D eigenvalue weighted by Gasteiger charge is 2.14. The van der Waals surface area contributed by atoms with Crippen LogP contribution < -0.4 is 10.1 Å². The van der Waals surface area contributed by atoms with Crippen LogP contribution in [0.3, 0.4) is 0 Å². The molecular formula is C14H17F2N3O2. The zero-order chi connectivity index (χ0) is 15.2. The van der Waals surface area contributed by atoms with Crippen LogP contribution in [0, 0.1) is 6.92 Å². The summed E-state index contributed by atoms with van der Waals surface area (Å²) in [5, 5.41) is 7.02. The highest BCUT2D eigenvalue weighted by molar-refractivity contribution is 5.35. The number of hydrogen-bond acceptors (Lipinski definition) is 5. The van der Waals surface area contributed by atoms with E-state index in [9.17, 15) is 8.78 Å². The molecule has 0 amide bonds. The first-order valence-electron chi connectivity index (χ1n) is 6.62. The Hall–Kier alpha value is -2.02. The van der Waals surface area contributed by atoms with Gasteiger partial charge in [0.2, 0.25) is 5.89 Å². The summed E-state index contributed by atoms with van der Waals surface area (Å²) >= 11 is 0. The molecule has 1 atom stereocenters. The van der Waals surface area contributed by atoms with Crippen molar-refractivity contribution in [2.75, 3.05) is 6.54 Å². The number of rotatable bonds is 7. The summed E-state index contributed by atoms with van der Waals surface area (Å²) in [6.07, 6.45) is 0.597. The molecule has 2 rings (SSSR count). The monoisotopic (exact) mass is 297 g/mol. The lowest BCUT2D eigenvalue weighted by Crippen LogP contribution is -2.22. The molecule has 0 bridgehead atoms. The van der Waals surface area contributed by atoms with Gasteiger partial charge in [-0.25, -0.2) is 0 Å². The third kappa shape index (κ3) is 4.49. The average Bonchev–Trinajstić information content (AvgIpc) is 2.84. The van der Waals surface area contributed by atoms with Gasteiger partial charge >= 0.3 is 6.61 Å². The predicted octanol–water partition coefficient (Wildman–Crippen LogP) is 2.87. The van der Waals surface area contributed by atoms with Gasteiger partial charge < -0.3 is 14.6 Å². The molecule has 0 aliphatic rings. The van der Waals surface area contributed by atoms with Crippen molar-refractivity contribution < 1.29 is 18.0 Å². The summed E-state index contributed by atoms with van der Waals surface area (Å²) in [4.78, 5) is 4.10. The van der Waals surface area contributed by atoms with Crippen molar-refractivity contribution in [3.05, 3.63) is 41.5 Å². The number of aromatic nitrogens is 2. The van der Waals surface area contributed by atoms with Crippen LogP contribution in [0.5, 0.6) is 5.75 Å². The maximum Gasteiger partial charge on any atom is 0.387 e. The number of hydrogen-bond donors (Lipinski definition) is 1. The number of nitrogens with zero attached hydrogens (tertiary/aromatic N) is 2. The van der Waals surface area contributed by atoms with E-state index in [2.05, 4.69) is 20.2 Å². The summed E-state index contributed by atoms with van der Waals surface area (Å²) in [6, 6.07) is 6.61. The molecule has 1 aromatic carbocycles. The van der Waals surface area contributed by atoms with Gasteiger partial charge in [-0.05, 0) is 13.0 Å². The van der Waals surface area contributed by atoms with Crippen LogP contribution in [0.2, 0.25) is 0 Å². The molecule has 1 N–H and O–H groups in total. The number of aryl methyl sites for hydroxylation is 1. The minimum Gasteiger partial charge on any atom is -0.434 e. The SMILES string of the molecule is Cc1nc(CCNC(C)c2ccccc2OC(F)F)no1. The summed E-state index contributed by atoms with van der Waals surface area (Å²) in [7, 11) is 0. The Morgan fingerprint density at radius 1 is 1.33 bits per heavy atom. The second-order valence-electron chi connectivity index (χ2n) is 4.57. The molecule has 5 nitrogen and oxygen atoms in total. The molecule has 1 aromatic heterocycles. The number of ether oxygens (including phenoxy) is 1. The fraction of sp³-hybridized carbons (Fsp3) is 0.429. The van der Waals surface area contributed by atoms with Crippen molar-refractivity contribution in [3.63, 3.8) is 0 Å². The van der Waals surface area contributed by atoms with Gasteiger partial charge in [-0.1, -0.05) is 23.4 Å². The molecular weight excluding hydrogens is 280 g/mol. The number of halogens is 2. The maximum atomic E-state index is 12.4. The average molecular weight is 297 g/mol. The second-order valence-corrected chi connectivity index (χ2v) is 4.57. The maximum absolute atomic E-state index is 12.4. The first kappa shape index (κ1) is 15.4. The summed E-state index contributed by atoms with van der Waals surface area (Å²) in [5.41, 5.74) is 0.682. The van der Waals surface area contributed by atoms with Gasteiger partial charge in [0.15, 0.2) is 5.82 Å². The van der Waals surface area contributed by atoms with Crippen LogP contribution in [0.25, 0.3) is 0 Å². The van der Waals surface area contributed by atoms with Crippen LogP contribution in [0.1, 0.15) is 30.2 Å². The van der Waals surface area contributed by atoms with Crippen molar-refractivity contribution >= 4 is 0 Å². The van der Waals surface area contributed by atoms with Crippen molar-refractivity contribution in [2.45, 2.75) is 32.9 Å². The topological polar surface area (TPSA) is 60.2 Å². The van der Waals surface area contributed by atoms with Crippen molar-refractivity contribution in [1.29, 1.82) is 0 Å². The molecule has 0 fully saturated rings. The highest BCUT2D eigenvalue weighted by atomic mass is 19.3. The lowest BCUT2D eigenvalue weighted by molar-refractivity contribution is -0.0506. The molecule has 1 unspecified atom stereocenters. The molecule has 0 aliphatic heterocycles. The molecule has 7 heteroatoms. The summed E-state index contributed by atoms with van der Waals surface area (Å²) in [5.74, 6) is 1.32. The van der Waals surface area contributed by atoms with E-state index >= 15 is 0 Å². The molecule has 0 saturated carbocycles. The highest BCUT2D eigenvalue weighted by Crippen LogP contribution is 2.26. The minimum absolute atomic E-state index is 0.132. The smallest absolute Gasteiger partial charge is 0.387 e. The Balaban J connectivity index is 1.92. The largest absolute Gasteiger partial charge is 0.434 e. The molecule has 21 heavy (non-hydrogen) atoms. The van der Waals surface area contributed by atoms with Gasteiger partial charge in [0, 0.05) is 31.5 Å². The van der Waals surface area contributed by atoms with Crippen molar-refractivity contribution in [2.24, 2.45) is 0 Å². The Morgan fingerprint density at radius 2 is 2.10 bits per heavy atom. The zero-order valence-electron chi connectivity index (χ0n) is 11.8. The normalized spacial score (nSPS) is 12.6. The third-order valence-electron chi connectivity index (χ3n) is 2.97. The molecule has 0 saturated heterocycles. The summed E-state index contributed by atoms with van der Waals surface area (Å²) < 4.78 is 34.1. The van der Waals surface area contributed by atoms with Crippen LogP contribution in [0.4, 0.5) is 8.78 Å². The number of nitrogens with one attached hydrogen (secondary N) is 1. The number of para-hydroxylation sites is 1. The van der Waals surface area contributed by atoms with Crippen molar-refractivity contribution in [1.82, 2.24) is 15.5 Å². The van der Waals surface area contributed by atoms with Crippen molar-refractivity contribution in [3.8, 4) is 5.75 Å². The molecule has 1 heterocycles. The first-order chi connectivity index (χ1) is 10.1. The molecule has 114 valence electrons. The second kappa shape index (κ2) is 7.12. The van der Waals surface area contributed by atoms with E-state index in [4.69, 9.17) is 4.52 Å². The van der Waals surface area contributed by atoms with Crippen LogP contribution in [0.15, 0.2) is 28.8 Å². The van der Waals surface area contributed by atoms with Crippen LogP contribution in [-0.4, -0.2) is 23.3 Å². The first-order valence-corrected chi connectivity index (χ1v) is 6.62. The Morgan fingerprint density at radius 3 is 2.76 bits per heavy atom. The van der Waals surface area contributed by atoms with Gasteiger partial charge in [0.05, 0.1) is 0 Å².